The van der Waals surface area contributed by atoms with E-state index in [0.29, 0.717) is 0 Å². The van der Waals surface area contributed by atoms with E-state index in [1.807, 2.05) is 62.8 Å². The number of allylic oxidation sites excluding steroid dienone is 1. The van der Waals surface area contributed by atoms with Crippen LogP contribution >= 0.6 is 0 Å². The first-order valence-electron chi connectivity index (χ1n) is 6.29. The first-order valence-corrected chi connectivity index (χ1v) is 6.29. The van der Waals surface area contributed by atoms with Crippen LogP contribution in [0.3, 0.4) is 0 Å². The molecule has 96 valence electrons. The third kappa shape index (κ3) is 4.11. The lowest BCUT2D eigenvalue weighted by molar-refractivity contribution is 1.13. The molecule has 19 heavy (non-hydrogen) atoms. The van der Waals surface area contributed by atoms with Gasteiger partial charge in [0.25, 0.3) is 0 Å². The number of nitrogens with zero attached hydrogens (tertiary/aromatic N) is 2. The highest BCUT2D eigenvalue weighted by molar-refractivity contribution is 5.80. The van der Waals surface area contributed by atoms with Crippen LogP contribution in [0.4, 0.5) is 11.4 Å². The maximum Gasteiger partial charge on any atom is 0.0631 e. The van der Waals surface area contributed by atoms with Gasteiger partial charge in [-0.1, -0.05) is 36.4 Å². The van der Waals surface area contributed by atoms with E-state index >= 15 is 0 Å². The topological polar surface area (TPSA) is 15.6 Å². The Morgan fingerprint density at radius 1 is 0.895 bits per heavy atom. The first-order chi connectivity index (χ1) is 9.25. The number of aliphatic imine (C=N–C) groups is 1. The molecule has 0 aliphatic heterocycles. The molecule has 0 heterocycles. The average molecular weight is 250 g/mol. The molecule has 0 fully saturated rings. The molecule has 0 aliphatic carbocycles. The van der Waals surface area contributed by atoms with Crippen molar-refractivity contribution < 1.29 is 0 Å². The van der Waals surface area contributed by atoms with Gasteiger partial charge in [0.05, 0.1) is 5.69 Å². The van der Waals surface area contributed by atoms with Crippen LogP contribution in [-0.4, -0.2) is 20.3 Å². The Labute approximate surface area is 114 Å². The Balaban J connectivity index is 1.97. The minimum atomic E-state index is 0.961. The highest BCUT2D eigenvalue weighted by Crippen LogP contribution is 2.17. The Kier molecular flexibility index (Phi) is 4.51. The van der Waals surface area contributed by atoms with E-state index in [1.54, 1.807) is 0 Å². The molecule has 0 aliphatic rings. The number of benzene rings is 2. The van der Waals surface area contributed by atoms with Gasteiger partial charge in [-0.2, -0.15) is 0 Å². The van der Waals surface area contributed by atoms with Crippen LogP contribution in [0.25, 0.3) is 6.08 Å². The van der Waals surface area contributed by atoms with Gasteiger partial charge < -0.3 is 4.90 Å². The third-order valence-electron chi connectivity index (χ3n) is 2.76. The molecule has 0 bridgehead atoms. The molecule has 0 N–H and O–H groups in total. The van der Waals surface area contributed by atoms with Crippen LogP contribution in [0.2, 0.25) is 0 Å². The van der Waals surface area contributed by atoms with Crippen molar-refractivity contribution in [2.45, 2.75) is 0 Å². The predicted octanol–water partition coefficient (Wildman–Crippen LogP) is 4.17. The maximum atomic E-state index is 4.39. The van der Waals surface area contributed by atoms with Crippen molar-refractivity contribution in [3.05, 3.63) is 66.2 Å². The fourth-order valence-corrected chi connectivity index (χ4v) is 1.68. The number of hydrogen-bond donors (Lipinski definition) is 0. The average Bonchev–Trinajstić information content (AvgIpc) is 2.45. The molecule has 0 atom stereocenters. The van der Waals surface area contributed by atoms with Crippen molar-refractivity contribution in [3.8, 4) is 0 Å². The zero-order valence-corrected chi connectivity index (χ0v) is 11.3. The summed E-state index contributed by atoms with van der Waals surface area (Å²) in [5, 5.41) is 0. The van der Waals surface area contributed by atoms with Crippen molar-refractivity contribution in [2.24, 2.45) is 4.99 Å². The second-order valence-electron chi connectivity index (χ2n) is 4.46. The molecule has 0 aromatic heterocycles. The van der Waals surface area contributed by atoms with Crippen LogP contribution in [-0.2, 0) is 0 Å². The van der Waals surface area contributed by atoms with Crippen LogP contribution in [0.5, 0.6) is 0 Å². The van der Waals surface area contributed by atoms with E-state index < -0.39 is 0 Å². The van der Waals surface area contributed by atoms with Gasteiger partial charge >= 0.3 is 0 Å². The summed E-state index contributed by atoms with van der Waals surface area (Å²) in [4.78, 5) is 6.46. The third-order valence-corrected chi connectivity index (χ3v) is 2.76. The van der Waals surface area contributed by atoms with Crippen molar-refractivity contribution in [2.75, 3.05) is 19.0 Å². The Bertz CT molecular complexity index is 552. The van der Waals surface area contributed by atoms with E-state index in [1.165, 1.54) is 11.3 Å². The van der Waals surface area contributed by atoms with Crippen molar-refractivity contribution >= 4 is 23.7 Å². The van der Waals surface area contributed by atoms with E-state index in [0.717, 1.165) is 5.69 Å². The van der Waals surface area contributed by atoms with Gasteiger partial charge in [-0.3, -0.25) is 4.99 Å². The molecule has 2 aromatic rings. The van der Waals surface area contributed by atoms with Crippen molar-refractivity contribution in [1.29, 1.82) is 0 Å². The van der Waals surface area contributed by atoms with Gasteiger partial charge in [-0.05, 0) is 35.9 Å². The SMILES string of the molecule is CN(C)c1ccc(N=CC=Cc2ccccc2)cc1. The summed E-state index contributed by atoms with van der Waals surface area (Å²) in [6.07, 6.45) is 5.81. The van der Waals surface area contributed by atoms with Gasteiger partial charge in [0, 0.05) is 26.0 Å². The van der Waals surface area contributed by atoms with Gasteiger partial charge in [0.2, 0.25) is 0 Å². The van der Waals surface area contributed by atoms with Crippen LogP contribution in [0, 0.1) is 0 Å². The maximum absolute atomic E-state index is 4.39. The molecule has 0 saturated carbocycles. The summed E-state index contributed by atoms with van der Waals surface area (Å²) in [5.41, 5.74) is 3.32. The zero-order chi connectivity index (χ0) is 13.5. The molecule has 0 amide bonds. The molecular formula is C17H18N2. The van der Waals surface area contributed by atoms with Crippen LogP contribution < -0.4 is 4.90 Å². The second kappa shape index (κ2) is 6.55. The van der Waals surface area contributed by atoms with Crippen LogP contribution in [0.1, 0.15) is 5.56 Å². The summed E-state index contributed by atoms with van der Waals surface area (Å²) in [7, 11) is 4.06. The van der Waals surface area contributed by atoms with E-state index in [-0.39, 0.29) is 0 Å². The Hall–Kier alpha value is -2.35. The van der Waals surface area contributed by atoms with Gasteiger partial charge in [-0.15, -0.1) is 0 Å². The van der Waals surface area contributed by atoms with Crippen molar-refractivity contribution in [1.82, 2.24) is 0 Å². The monoisotopic (exact) mass is 250 g/mol. The number of anilines is 1. The fraction of sp³-hybridized carbons (Fsp3) is 0.118. The summed E-state index contributed by atoms with van der Waals surface area (Å²) < 4.78 is 0. The molecule has 2 heteroatoms. The van der Waals surface area contributed by atoms with E-state index in [2.05, 4.69) is 34.2 Å². The van der Waals surface area contributed by atoms with E-state index in [9.17, 15) is 0 Å². The molecule has 0 unspecified atom stereocenters. The summed E-state index contributed by atoms with van der Waals surface area (Å²) in [6, 6.07) is 18.4. The predicted molar refractivity (Wildman–Crippen MR) is 84.4 cm³/mol. The smallest absolute Gasteiger partial charge is 0.0631 e. The Morgan fingerprint density at radius 2 is 1.58 bits per heavy atom. The van der Waals surface area contributed by atoms with Crippen molar-refractivity contribution in [3.63, 3.8) is 0 Å². The summed E-state index contributed by atoms with van der Waals surface area (Å²) in [5.74, 6) is 0. The van der Waals surface area contributed by atoms with Gasteiger partial charge in [0.15, 0.2) is 0 Å². The number of rotatable bonds is 4. The normalized spacial score (nSPS) is 11.3. The molecule has 0 radical (unpaired) electrons. The van der Waals surface area contributed by atoms with Gasteiger partial charge in [0.1, 0.15) is 0 Å². The van der Waals surface area contributed by atoms with E-state index in [4.69, 9.17) is 0 Å². The molecular weight excluding hydrogens is 232 g/mol. The molecule has 0 spiro atoms. The quantitative estimate of drug-likeness (QED) is 0.744. The fourth-order valence-electron chi connectivity index (χ4n) is 1.68. The minimum absolute atomic E-state index is 0.961. The molecule has 2 aromatic carbocycles. The summed E-state index contributed by atoms with van der Waals surface area (Å²) in [6.45, 7) is 0. The zero-order valence-electron chi connectivity index (χ0n) is 11.3. The number of hydrogen-bond acceptors (Lipinski definition) is 2. The lowest BCUT2D eigenvalue weighted by atomic mass is 10.2. The lowest BCUT2D eigenvalue weighted by Crippen LogP contribution is -2.07. The Morgan fingerprint density at radius 3 is 2.21 bits per heavy atom. The minimum Gasteiger partial charge on any atom is -0.378 e. The van der Waals surface area contributed by atoms with Gasteiger partial charge in [-0.25, -0.2) is 0 Å². The highest BCUT2D eigenvalue weighted by atomic mass is 15.1. The largest absolute Gasteiger partial charge is 0.378 e. The molecule has 2 rings (SSSR count). The first kappa shape index (κ1) is 13.1. The highest BCUT2D eigenvalue weighted by Gasteiger charge is 1.93. The molecule has 0 saturated heterocycles. The molecule has 2 nitrogen and oxygen atoms in total. The standard InChI is InChI=1S/C17H18N2/c1-19(2)17-12-10-16(11-13-17)18-14-6-9-15-7-4-3-5-8-15/h3-14H,1-2H3. The van der Waals surface area contributed by atoms with Crippen LogP contribution in [0.15, 0.2) is 65.7 Å². The lowest BCUT2D eigenvalue weighted by Gasteiger charge is -2.11. The second-order valence-corrected chi connectivity index (χ2v) is 4.46. The summed E-state index contributed by atoms with van der Waals surface area (Å²) >= 11 is 0.